The number of aromatic nitrogens is 3. The molecule has 0 bridgehead atoms. The van der Waals surface area contributed by atoms with Gasteiger partial charge >= 0.3 is 12.1 Å². The van der Waals surface area contributed by atoms with E-state index >= 15 is 0 Å². The fraction of sp³-hybridized carbons (Fsp3) is 0.318. The number of H-pyrrole nitrogens is 1. The number of carbonyl (C=O) groups is 1. The number of thioether (sulfide) groups is 1. The van der Waals surface area contributed by atoms with Gasteiger partial charge in [-0.1, -0.05) is 12.1 Å². The van der Waals surface area contributed by atoms with Crippen LogP contribution in [-0.2, 0) is 11.0 Å². The van der Waals surface area contributed by atoms with E-state index in [1.54, 1.807) is 31.2 Å². The smallest absolute Gasteiger partial charge is 0.416 e. The third kappa shape index (κ3) is 5.24. The fourth-order valence-corrected chi connectivity index (χ4v) is 4.19. The van der Waals surface area contributed by atoms with Crippen molar-refractivity contribution in [3.63, 3.8) is 0 Å². The molecule has 6 nitrogen and oxygen atoms in total. The number of nitrogens with one attached hydrogen (secondary N) is 1. The quantitative estimate of drug-likeness (QED) is 0.444. The van der Waals surface area contributed by atoms with Crippen LogP contribution >= 0.6 is 11.8 Å². The molecule has 1 heterocycles. The molecule has 0 aliphatic rings. The molecular formula is C22H22F3N3O3S. The minimum atomic E-state index is -4.47. The maximum atomic E-state index is 13.5. The Morgan fingerprint density at radius 1 is 1.12 bits per heavy atom. The first-order valence-electron chi connectivity index (χ1n) is 9.61. The van der Waals surface area contributed by atoms with Gasteiger partial charge in [-0.3, -0.25) is 0 Å². The summed E-state index contributed by atoms with van der Waals surface area (Å²) < 4.78 is 46.0. The first kappa shape index (κ1) is 23.6. The van der Waals surface area contributed by atoms with Crippen molar-refractivity contribution >= 4 is 17.7 Å². The van der Waals surface area contributed by atoms with Gasteiger partial charge in [0, 0.05) is 4.90 Å². The predicted molar refractivity (Wildman–Crippen MR) is 114 cm³/mol. The van der Waals surface area contributed by atoms with E-state index in [4.69, 9.17) is 4.74 Å². The van der Waals surface area contributed by atoms with E-state index in [1.165, 1.54) is 44.8 Å². The van der Waals surface area contributed by atoms with Crippen molar-refractivity contribution in [2.24, 2.45) is 0 Å². The number of carboxylic acids is 1. The topological polar surface area (TPSA) is 88.1 Å². The van der Waals surface area contributed by atoms with Crippen LogP contribution in [0.4, 0.5) is 13.2 Å². The Morgan fingerprint density at radius 2 is 1.84 bits per heavy atom. The first-order valence-corrected chi connectivity index (χ1v) is 10.5. The predicted octanol–water partition coefficient (Wildman–Crippen LogP) is 5.56. The van der Waals surface area contributed by atoms with Crippen molar-refractivity contribution in [1.82, 2.24) is 15.4 Å². The van der Waals surface area contributed by atoms with Crippen LogP contribution in [0.25, 0.3) is 0 Å². The van der Waals surface area contributed by atoms with E-state index in [9.17, 15) is 23.1 Å². The van der Waals surface area contributed by atoms with Gasteiger partial charge in [0.05, 0.1) is 17.0 Å². The molecule has 2 aromatic carbocycles. The lowest BCUT2D eigenvalue weighted by Crippen LogP contribution is -2.38. The summed E-state index contributed by atoms with van der Waals surface area (Å²) in [5.41, 5.74) is -0.339. The number of aliphatic carboxylic acids is 1. The molecule has 0 amide bonds. The third-order valence-corrected chi connectivity index (χ3v) is 6.13. The highest BCUT2D eigenvalue weighted by Gasteiger charge is 2.34. The Hall–Kier alpha value is -3.01. The second-order valence-corrected chi connectivity index (χ2v) is 8.99. The number of aromatic amines is 1. The van der Waals surface area contributed by atoms with E-state index in [1.807, 2.05) is 0 Å². The molecule has 3 rings (SSSR count). The largest absolute Gasteiger partial charge is 0.478 e. The monoisotopic (exact) mass is 465 g/mol. The third-order valence-electron chi connectivity index (χ3n) is 4.85. The molecule has 170 valence electrons. The van der Waals surface area contributed by atoms with Crippen molar-refractivity contribution in [1.29, 1.82) is 0 Å². The molecule has 10 heteroatoms. The molecule has 3 aromatic rings. The van der Waals surface area contributed by atoms with Gasteiger partial charge in [0.1, 0.15) is 11.4 Å². The molecule has 1 unspecified atom stereocenters. The van der Waals surface area contributed by atoms with Crippen LogP contribution in [0.1, 0.15) is 47.0 Å². The number of benzene rings is 2. The summed E-state index contributed by atoms with van der Waals surface area (Å²) in [6.45, 7) is 6.10. The zero-order chi connectivity index (χ0) is 23.7. The van der Waals surface area contributed by atoms with Gasteiger partial charge < -0.3 is 9.84 Å². The van der Waals surface area contributed by atoms with E-state index in [2.05, 4.69) is 15.4 Å². The van der Waals surface area contributed by atoms with Crippen LogP contribution < -0.4 is 4.74 Å². The minimum absolute atomic E-state index is 0.142. The van der Waals surface area contributed by atoms with Crippen molar-refractivity contribution in [2.45, 2.75) is 49.6 Å². The number of alkyl halides is 3. The van der Waals surface area contributed by atoms with Gasteiger partial charge in [0.2, 0.25) is 0 Å². The summed E-state index contributed by atoms with van der Waals surface area (Å²) in [7, 11) is 0. The number of aryl methyl sites for hydroxylation is 2. The van der Waals surface area contributed by atoms with Crippen molar-refractivity contribution in [2.75, 3.05) is 0 Å². The number of hydrogen-bond acceptors (Lipinski definition) is 5. The number of rotatable bonds is 7. The summed E-state index contributed by atoms with van der Waals surface area (Å²) in [4.78, 5) is 12.1. The summed E-state index contributed by atoms with van der Waals surface area (Å²) in [5.74, 6) is -0.685. The molecule has 0 aliphatic carbocycles. The fourth-order valence-electron chi connectivity index (χ4n) is 3.01. The molecule has 1 aromatic heterocycles. The first-order chi connectivity index (χ1) is 14.9. The van der Waals surface area contributed by atoms with Crippen LogP contribution in [0.2, 0.25) is 0 Å². The van der Waals surface area contributed by atoms with E-state index in [0.717, 1.165) is 11.0 Å². The number of nitrogens with zero attached hydrogens (tertiary/aromatic N) is 2. The minimum Gasteiger partial charge on any atom is -0.478 e. The molecule has 0 saturated heterocycles. The Kier molecular flexibility index (Phi) is 6.54. The van der Waals surface area contributed by atoms with Crippen LogP contribution in [0, 0.1) is 13.8 Å². The van der Waals surface area contributed by atoms with E-state index in [-0.39, 0.29) is 5.56 Å². The van der Waals surface area contributed by atoms with Crippen LogP contribution in [-0.4, -0.2) is 32.1 Å². The number of halogens is 3. The summed E-state index contributed by atoms with van der Waals surface area (Å²) in [5, 5.41) is 19.1. The van der Waals surface area contributed by atoms with Gasteiger partial charge in [-0.25, -0.2) is 4.79 Å². The lowest BCUT2D eigenvalue weighted by Gasteiger charge is -2.23. The summed E-state index contributed by atoms with van der Waals surface area (Å²) in [6.07, 6.45) is -2.99. The van der Waals surface area contributed by atoms with Crippen molar-refractivity contribution in [3.05, 3.63) is 70.5 Å². The second-order valence-electron chi connectivity index (χ2n) is 7.81. The van der Waals surface area contributed by atoms with Gasteiger partial charge in [-0.05, 0) is 68.7 Å². The maximum Gasteiger partial charge on any atom is 0.416 e. The van der Waals surface area contributed by atoms with Gasteiger partial charge in [0.25, 0.3) is 0 Å². The normalized spacial score (nSPS) is 13.1. The molecule has 0 saturated carbocycles. The standard InChI is InChI=1S/C22H22F3N3O3S/c1-12-5-6-14(10-16(12)22(23,24)25)19(17-11-26-28-27-17)32-15-7-8-18(13(2)9-15)31-21(3,4)20(29)30/h5-11,19H,1-4H3,(H,29,30)(H,26,27,28). The zero-order valence-corrected chi connectivity index (χ0v) is 18.6. The highest BCUT2D eigenvalue weighted by molar-refractivity contribution is 7.99. The summed E-state index contributed by atoms with van der Waals surface area (Å²) in [6, 6.07) is 9.42. The molecule has 2 N–H and O–H groups in total. The molecule has 32 heavy (non-hydrogen) atoms. The van der Waals surface area contributed by atoms with Crippen molar-refractivity contribution in [3.8, 4) is 5.75 Å². The molecular weight excluding hydrogens is 443 g/mol. The highest BCUT2D eigenvalue weighted by atomic mass is 32.2. The highest BCUT2D eigenvalue weighted by Crippen LogP contribution is 2.43. The van der Waals surface area contributed by atoms with Crippen molar-refractivity contribution < 1.29 is 27.8 Å². The van der Waals surface area contributed by atoms with Crippen LogP contribution in [0.5, 0.6) is 5.75 Å². The van der Waals surface area contributed by atoms with Crippen LogP contribution in [0.3, 0.4) is 0 Å². The number of ether oxygens (including phenoxy) is 1. The van der Waals surface area contributed by atoms with Gasteiger partial charge in [0.15, 0.2) is 5.60 Å². The van der Waals surface area contributed by atoms with E-state index < -0.39 is 28.6 Å². The van der Waals surface area contributed by atoms with Gasteiger partial charge in [-0.15, -0.1) is 11.8 Å². The average molecular weight is 465 g/mol. The Balaban J connectivity index is 1.95. The Morgan fingerprint density at radius 3 is 2.41 bits per heavy atom. The Bertz CT molecular complexity index is 1120. The van der Waals surface area contributed by atoms with E-state index in [0.29, 0.717) is 22.6 Å². The molecule has 0 spiro atoms. The molecule has 0 radical (unpaired) electrons. The maximum absolute atomic E-state index is 13.5. The number of hydrogen-bond donors (Lipinski definition) is 2. The molecule has 0 fully saturated rings. The van der Waals surface area contributed by atoms with Crippen LogP contribution in [0.15, 0.2) is 47.5 Å². The number of carboxylic acid groups (broad SMARTS) is 1. The Labute approximate surface area is 187 Å². The molecule has 1 atom stereocenters. The lowest BCUT2D eigenvalue weighted by atomic mass is 10.0. The van der Waals surface area contributed by atoms with Gasteiger partial charge in [-0.2, -0.15) is 28.6 Å². The SMILES string of the molecule is Cc1cc(SC(c2ccc(C)c(C(F)(F)F)c2)c2cn[nH]n2)ccc1OC(C)(C)C(=O)O. The molecule has 0 aliphatic heterocycles. The lowest BCUT2D eigenvalue weighted by molar-refractivity contribution is -0.152. The summed E-state index contributed by atoms with van der Waals surface area (Å²) >= 11 is 1.31. The average Bonchev–Trinajstić information content (AvgIpc) is 3.22. The zero-order valence-electron chi connectivity index (χ0n) is 17.8. The second kappa shape index (κ2) is 8.85.